The summed E-state index contributed by atoms with van der Waals surface area (Å²) in [5.41, 5.74) is 0. The maximum absolute atomic E-state index is 7.33. The Morgan fingerprint density at radius 2 is 0.538 bits per heavy atom. The predicted octanol–water partition coefficient (Wildman–Crippen LogP) is -6.53. The molecule has 0 aliphatic rings. The zero-order chi connectivity index (χ0) is 4.50. The van der Waals surface area contributed by atoms with Gasteiger partial charge in [0.1, 0.15) is 0 Å². The third-order valence-electron chi connectivity index (χ3n) is 0. The summed E-state index contributed by atoms with van der Waals surface area (Å²) >= 11 is 0. The molecule has 0 saturated carbocycles. The van der Waals surface area contributed by atoms with E-state index >= 15 is 0 Å². The van der Waals surface area contributed by atoms with Crippen LogP contribution in [0, 0.1) is 0 Å². The van der Waals surface area contributed by atoms with Crippen molar-refractivity contribution >= 4 is 101 Å². The molecule has 80 valence electrons. The van der Waals surface area contributed by atoms with Crippen LogP contribution in [0.1, 0.15) is 11.4 Å². The van der Waals surface area contributed by atoms with Gasteiger partial charge in [0, 0.05) is 0 Å². The monoisotopic (exact) mass is 272 g/mol. The van der Waals surface area contributed by atoms with E-state index in [-0.39, 0.29) is 126 Å². The number of rotatable bonds is 0. The van der Waals surface area contributed by atoms with Crippen LogP contribution in [-0.2, 0) is 0 Å². The van der Waals surface area contributed by atoms with Crippen LogP contribution in [0.5, 0.6) is 0 Å². The Bertz CT molecular complexity index is 51.7. The maximum Gasteiger partial charge on any atom is 2.00 e. The van der Waals surface area contributed by atoms with Crippen molar-refractivity contribution in [2.75, 3.05) is 0 Å². The quantitative estimate of drug-likeness (QED) is 0.317. The van der Waals surface area contributed by atoms with Crippen molar-refractivity contribution in [3.8, 4) is 0 Å². The van der Waals surface area contributed by atoms with Gasteiger partial charge in [-0.15, -0.1) is 0 Å². The number of hydrogen-bond acceptors (Lipinski definition) is 4. The van der Waals surface area contributed by atoms with E-state index in [1.54, 1.807) is 0 Å². The second kappa shape index (κ2) is 36.3. The van der Waals surface area contributed by atoms with Crippen molar-refractivity contribution in [1.82, 2.24) is 0 Å². The first-order valence-corrected chi connectivity index (χ1v) is 2.68. The standard InChI is InChI=1S/4Mg.H4O4Si.4H2O.8H/c;;;;1-5(2,3)4;;;;;;;;;;;;/h;;;;1-4H;4*1H2;;;;;;;;/q4*+2;;;;;;8*-1. The Morgan fingerprint density at radius 3 is 0.538 bits per heavy atom. The molecular formula is H20Mg4O8Si. The summed E-state index contributed by atoms with van der Waals surface area (Å²) in [5.74, 6) is 0. The largest absolute Gasteiger partial charge is 2.00 e. The van der Waals surface area contributed by atoms with E-state index in [1.807, 2.05) is 0 Å². The Kier molecular flexibility index (Phi) is 206. The van der Waals surface area contributed by atoms with Crippen LogP contribution in [0.25, 0.3) is 0 Å². The fourth-order valence-corrected chi connectivity index (χ4v) is 0. The van der Waals surface area contributed by atoms with E-state index in [0.717, 1.165) is 0 Å². The molecule has 0 radical (unpaired) electrons. The third kappa shape index (κ3) is 287. The van der Waals surface area contributed by atoms with Crippen molar-refractivity contribution in [3.63, 3.8) is 0 Å². The molecule has 13 heavy (non-hydrogen) atoms. The minimum atomic E-state index is -4.61. The van der Waals surface area contributed by atoms with Crippen molar-refractivity contribution < 1.29 is 52.5 Å². The fraction of sp³-hybridized carbons (Fsp3) is 0. The van der Waals surface area contributed by atoms with E-state index in [2.05, 4.69) is 0 Å². The summed E-state index contributed by atoms with van der Waals surface area (Å²) in [4.78, 5) is 29.3. The van der Waals surface area contributed by atoms with Crippen molar-refractivity contribution in [3.05, 3.63) is 0 Å². The molecule has 13 heteroatoms. The molecule has 0 unspecified atom stereocenters. The minimum Gasteiger partial charge on any atom is -1.00 e. The van der Waals surface area contributed by atoms with Crippen LogP contribution >= 0.6 is 0 Å². The molecule has 0 aliphatic carbocycles. The van der Waals surface area contributed by atoms with Gasteiger partial charge in [-0.05, 0) is 0 Å². The first-order valence-electron chi connectivity index (χ1n) is 0.894. The first kappa shape index (κ1) is 73.7. The molecule has 12 N–H and O–H groups in total. The zero-order valence-corrected chi connectivity index (χ0v) is 13.8. The molecule has 0 amide bonds. The molecule has 0 heterocycles. The average molecular weight is 273 g/mol. The maximum atomic E-state index is 7.33. The van der Waals surface area contributed by atoms with Gasteiger partial charge >= 0.3 is 101 Å². The van der Waals surface area contributed by atoms with Gasteiger partial charge in [0.05, 0.1) is 0 Å². The molecule has 0 fully saturated rings. The van der Waals surface area contributed by atoms with Gasteiger partial charge in [0.25, 0.3) is 0 Å². The summed E-state index contributed by atoms with van der Waals surface area (Å²) in [5, 5.41) is 0. The number of hydrogen-bond donors (Lipinski definition) is 4. The van der Waals surface area contributed by atoms with E-state index in [1.165, 1.54) is 0 Å². The molecule has 0 aromatic heterocycles. The van der Waals surface area contributed by atoms with Gasteiger partial charge in [-0.25, -0.2) is 0 Å². The van der Waals surface area contributed by atoms with Gasteiger partial charge in [-0.2, -0.15) is 0 Å². The minimum absolute atomic E-state index is 0. The van der Waals surface area contributed by atoms with Gasteiger partial charge in [-0.3, -0.25) is 0 Å². The first-order chi connectivity index (χ1) is 2.00. The Balaban J connectivity index is -0.000000000667. The van der Waals surface area contributed by atoms with E-state index in [9.17, 15) is 0 Å². The molecule has 0 spiro atoms. The SMILES string of the molecule is O.O.O.O.O[Si](O)(O)O.[H-].[H-].[H-].[H-].[H-].[H-].[H-].[H-].[Mg+2].[Mg+2].[Mg+2].[Mg+2]. The molecular weight excluding hydrogens is 253 g/mol. The zero-order valence-electron chi connectivity index (χ0n) is 15.1. The second-order valence-corrected chi connectivity index (χ2v) is 1.80. The fourth-order valence-electron chi connectivity index (χ4n) is 0. The van der Waals surface area contributed by atoms with Gasteiger partial charge in [-0.1, -0.05) is 0 Å². The molecule has 0 atom stereocenters. The van der Waals surface area contributed by atoms with Crippen LogP contribution in [0.4, 0.5) is 0 Å². The topological polar surface area (TPSA) is 207 Å². The summed E-state index contributed by atoms with van der Waals surface area (Å²) < 4.78 is 0. The molecule has 0 bridgehead atoms. The normalized spacial score (nSPS) is 4.62. The summed E-state index contributed by atoms with van der Waals surface area (Å²) in [6.07, 6.45) is 0. The molecule has 0 aromatic rings. The van der Waals surface area contributed by atoms with Crippen LogP contribution in [-0.4, -0.2) is 142 Å². The van der Waals surface area contributed by atoms with E-state index < -0.39 is 9.05 Å². The molecule has 8 nitrogen and oxygen atoms in total. The van der Waals surface area contributed by atoms with Crippen LogP contribution < -0.4 is 0 Å². The Labute approximate surface area is 152 Å². The van der Waals surface area contributed by atoms with E-state index in [4.69, 9.17) is 19.2 Å². The summed E-state index contributed by atoms with van der Waals surface area (Å²) in [6.45, 7) is 0. The summed E-state index contributed by atoms with van der Waals surface area (Å²) in [7, 11) is -4.61. The van der Waals surface area contributed by atoms with Crippen molar-refractivity contribution in [2.24, 2.45) is 0 Å². The molecule has 0 rings (SSSR count). The van der Waals surface area contributed by atoms with Crippen molar-refractivity contribution in [2.45, 2.75) is 0 Å². The van der Waals surface area contributed by atoms with Gasteiger partial charge < -0.3 is 52.5 Å². The average Bonchev–Trinajstić information content (AvgIpc) is 0.722. The predicted molar refractivity (Wildman–Crippen MR) is 61.0 cm³/mol. The molecule has 0 aliphatic heterocycles. The second-order valence-electron chi connectivity index (χ2n) is 0.600. The molecule has 0 aromatic carbocycles. The van der Waals surface area contributed by atoms with Gasteiger partial charge in [0.15, 0.2) is 0 Å². The smallest absolute Gasteiger partial charge is 1.00 e. The Morgan fingerprint density at radius 1 is 0.538 bits per heavy atom. The van der Waals surface area contributed by atoms with Crippen LogP contribution in [0.2, 0.25) is 0 Å². The molecule has 0 saturated heterocycles. The van der Waals surface area contributed by atoms with Crippen LogP contribution in [0.15, 0.2) is 0 Å². The van der Waals surface area contributed by atoms with Crippen molar-refractivity contribution in [1.29, 1.82) is 0 Å². The third-order valence-corrected chi connectivity index (χ3v) is 0. The van der Waals surface area contributed by atoms with Crippen LogP contribution in [0.3, 0.4) is 0 Å². The Hall–Kier alpha value is 2.96. The van der Waals surface area contributed by atoms with Gasteiger partial charge in [0.2, 0.25) is 0 Å². The summed E-state index contributed by atoms with van der Waals surface area (Å²) in [6, 6.07) is 0. The van der Waals surface area contributed by atoms with E-state index in [0.29, 0.717) is 0 Å².